The van der Waals surface area contributed by atoms with E-state index in [4.69, 9.17) is 10.5 Å². The van der Waals surface area contributed by atoms with Gasteiger partial charge in [-0.3, -0.25) is 9.78 Å². The molecule has 1 aromatic rings. The number of aromatic nitrogens is 1. The number of aliphatic hydroxyl groups is 1. The zero-order valence-corrected chi connectivity index (χ0v) is 10.6. The maximum absolute atomic E-state index is 10.7. The van der Waals surface area contributed by atoms with E-state index in [1.165, 1.54) is 0 Å². The summed E-state index contributed by atoms with van der Waals surface area (Å²) in [5.41, 5.74) is 6.09. The quantitative estimate of drug-likeness (QED) is 0.672. The van der Waals surface area contributed by atoms with E-state index in [0.29, 0.717) is 19.6 Å². The number of amides is 1. The van der Waals surface area contributed by atoms with Crippen LogP contribution in [-0.2, 0) is 16.1 Å². The standard InChI is InChI=1S/C13H20N2O3/c1-10(12(16)8-13(14)17)4-7-18-9-11-2-5-15-6-3-11/h2-3,5-6,10,12,16H,4,7-9H2,1H3,(H2,14,17)/t10-,12+/m1/s1. The van der Waals surface area contributed by atoms with Crippen molar-refractivity contribution in [3.8, 4) is 0 Å². The number of aliphatic hydroxyl groups excluding tert-OH is 1. The molecule has 0 aliphatic heterocycles. The Morgan fingerprint density at radius 3 is 2.78 bits per heavy atom. The molecule has 1 amide bonds. The molecular formula is C13H20N2O3. The second-order valence-electron chi connectivity index (χ2n) is 4.41. The predicted octanol–water partition coefficient (Wildman–Crippen LogP) is 0.861. The van der Waals surface area contributed by atoms with Gasteiger partial charge < -0.3 is 15.6 Å². The molecule has 0 fully saturated rings. The Morgan fingerprint density at radius 2 is 2.17 bits per heavy atom. The monoisotopic (exact) mass is 252 g/mol. The third-order valence-electron chi connectivity index (χ3n) is 2.80. The molecule has 5 heteroatoms. The van der Waals surface area contributed by atoms with Crippen molar-refractivity contribution in [3.05, 3.63) is 30.1 Å². The van der Waals surface area contributed by atoms with Crippen LogP contribution in [0.3, 0.4) is 0 Å². The molecule has 0 aromatic carbocycles. The normalized spacial score (nSPS) is 14.1. The Balaban J connectivity index is 2.16. The highest BCUT2D eigenvalue weighted by molar-refractivity contribution is 5.74. The summed E-state index contributed by atoms with van der Waals surface area (Å²) in [6, 6.07) is 3.79. The Kier molecular flexibility index (Phi) is 6.32. The first-order chi connectivity index (χ1) is 8.59. The SMILES string of the molecule is C[C@H](CCOCc1ccncc1)[C@@H](O)CC(N)=O. The summed E-state index contributed by atoms with van der Waals surface area (Å²) in [7, 11) is 0. The summed E-state index contributed by atoms with van der Waals surface area (Å²) in [6.45, 7) is 2.95. The van der Waals surface area contributed by atoms with Crippen LogP contribution in [0.4, 0.5) is 0 Å². The van der Waals surface area contributed by atoms with Gasteiger partial charge in [-0.05, 0) is 30.0 Å². The molecule has 0 aliphatic rings. The van der Waals surface area contributed by atoms with Crippen LogP contribution >= 0.6 is 0 Å². The number of primary amides is 1. The topological polar surface area (TPSA) is 85.4 Å². The molecule has 0 radical (unpaired) electrons. The zero-order valence-electron chi connectivity index (χ0n) is 10.6. The van der Waals surface area contributed by atoms with Gasteiger partial charge in [0.2, 0.25) is 5.91 Å². The fourth-order valence-electron chi connectivity index (χ4n) is 1.54. The number of hydrogen-bond acceptors (Lipinski definition) is 4. The van der Waals surface area contributed by atoms with Crippen LogP contribution in [0.1, 0.15) is 25.3 Å². The molecule has 1 heterocycles. The molecular weight excluding hydrogens is 232 g/mol. The highest BCUT2D eigenvalue weighted by atomic mass is 16.5. The van der Waals surface area contributed by atoms with Crippen molar-refractivity contribution in [2.24, 2.45) is 11.7 Å². The minimum atomic E-state index is -0.688. The minimum absolute atomic E-state index is 0.00469. The van der Waals surface area contributed by atoms with Gasteiger partial charge in [0.05, 0.1) is 19.1 Å². The zero-order chi connectivity index (χ0) is 13.4. The summed E-state index contributed by atoms with van der Waals surface area (Å²) in [5.74, 6) is -0.484. The van der Waals surface area contributed by atoms with Crippen molar-refractivity contribution in [1.29, 1.82) is 0 Å². The lowest BCUT2D eigenvalue weighted by molar-refractivity contribution is -0.120. The molecule has 0 saturated heterocycles. The minimum Gasteiger partial charge on any atom is -0.392 e. The number of ether oxygens (including phenoxy) is 1. The highest BCUT2D eigenvalue weighted by Crippen LogP contribution is 2.11. The third kappa shape index (κ3) is 5.75. The van der Waals surface area contributed by atoms with Crippen molar-refractivity contribution >= 4 is 5.91 Å². The molecule has 100 valence electrons. The molecule has 3 N–H and O–H groups in total. The van der Waals surface area contributed by atoms with E-state index in [-0.39, 0.29) is 12.3 Å². The lowest BCUT2D eigenvalue weighted by atomic mass is 9.99. The van der Waals surface area contributed by atoms with Crippen molar-refractivity contribution < 1.29 is 14.6 Å². The van der Waals surface area contributed by atoms with E-state index in [0.717, 1.165) is 5.56 Å². The van der Waals surface area contributed by atoms with Gasteiger partial charge in [0.25, 0.3) is 0 Å². The summed E-state index contributed by atoms with van der Waals surface area (Å²) in [5, 5.41) is 9.64. The molecule has 1 rings (SSSR count). The van der Waals surface area contributed by atoms with Gasteiger partial charge in [-0.25, -0.2) is 0 Å². The molecule has 18 heavy (non-hydrogen) atoms. The second kappa shape index (κ2) is 7.79. The van der Waals surface area contributed by atoms with Gasteiger partial charge in [0.1, 0.15) is 0 Å². The molecule has 0 unspecified atom stereocenters. The third-order valence-corrected chi connectivity index (χ3v) is 2.80. The van der Waals surface area contributed by atoms with E-state index >= 15 is 0 Å². The number of carbonyl (C=O) groups excluding carboxylic acids is 1. The number of hydrogen-bond donors (Lipinski definition) is 2. The van der Waals surface area contributed by atoms with Gasteiger partial charge in [0, 0.05) is 19.0 Å². The van der Waals surface area contributed by atoms with Crippen LogP contribution < -0.4 is 5.73 Å². The van der Waals surface area contributed by atoms with Crippen molar-refractivity contribution in [3.63, 3.8) is 0 Å². The summed E-state index contributed by atoms with van der Waals surface area (Å²) in [4.78, 5) is 14.6. The number of nitrogens with two attached hydrogens (primary N) is 1. The lowest BCUT2D eigenvalue weighted by Gasteiger charge is -2.17. The van der Waals surface area contributed by atoms with E-state index in [9.17, 15) is 9.90 Å². The van der Waals surface area contributed by atoms with Gasteiger partial charge >= 0.3 is 0 Å². The Morgan fingerprint density at radius 1 is 1.50 bits per heavy atom. The van der Waals surface area contributed by atoms with E-state index in [1.807, 2.05) is 19.1 Å². The molecule has 0 saturated carbocycles. The average molecular weight is 252 g/mol. The van der Waals surface area contributed by atoms with Crippen LogP contribution in [0.25, 0.3) is 0 Å². The molecule has 0 aliphatic carbocycles. The van der Waals surface area contributed by atoms with E-state index < -0.39 is 12.0 Å². The summed E-state index contributed by atoms with van der Waals surface area (Å²) in [6.07, 6.45) is 3.45. The number of pyridine rings is 1. The Labute approximate surface area is 107 Å². The fraction of sp³-hybridized carbons (Fsp3) is 0.538. The maximum atomic E-state index is 10.7. The van der Waals surface area contributed by atoms with E-state index in [1.54, 1.807) is 12.4 Å². The summed E-state index contributed by atoms with van der Waals surface area (Å²) < 4.78 is 5.49. The molecule has 0 bridgehead atoms. The molecule has 2 atom stereocenters. The van der Waals surface area contributed by atoms with Crippen LogP contribution in [-0.4, -0.2) is 28.7 Å². The first-order valence-corrected chi connectivity index (χ1v) is 6.02. The van der Waals surface area contributed by atoms with E-state index in [2.05, 4.69) is 4.98 Å². The Hall–Kier alpha value is -1.46. The van der Waals surface area contributed by atoms with Crippen LogP contribution in [0, 0.1) is 5.92 Å². The van der Waals surface area contributed by atoms with Crippen molar-refractivity contribution in [2.45, 2.75) is 32.5 Å². The lowest BCUT2D eigenvalue weighted by Crippen LogP contribution is -2.26. The molecule has 0 spiro atoms. The highest BCUT2D eigenvalue weighted by Gasteiger charge is 2.16. The van der Waals surface area contributed by atoms with Crippen LogP contribution in [0.2, 0.25) is 0 Å². The van der Waals surface area contributed by atoms with Crippen LogP contribution in [0.5, 0.6) is 0 Å². The Bertz CT molecular complexity index is 357. The van der Waals surface area contributed by atoms with Crippen LogP contribution in [0.15, 0.2) is 24.5 Å². The fourth-order valence-corrected chi connectivity index (χ4v) is 1.54. The average Bonchev–Trinajstić information content (AvgIpc) is 2.34. The number of carbonyl (C=O) groups is 1. The van der Waals surface area contributed by atoms with Gasteiger partial charge in [-0.1, -0.05) is 6.92 Å². The molecule has 5 nitrogen and oxygen atoms in total. The first kappa shape index (κ1) is 14.6. The van der Waals surface area contributed by atoms with Gasteiger partial charge in [-0.15, -0.1) is 0 Å². The first-order valence-electron chi connectivity index (χ1n) is 6.02. The van der Waals surface area contributed by atoms with Gasteiger partial charge in [-0.2, -0.15) is 0 Å². The number of nitrogens with zero attached hydrogens (tertiary/aromatic N) is 1. The second-order valence-corrected chi connectivity index (χ2v) is 4.41. The smallest absolute Gasteiger partial charge is 0.220 e. The largest absolute Gasteiger partial charge is 0.392 e. The maximum Gasteiger partial charge on any atom is 0.220 e. The van der Waals surface area contributed by atoms with Crippen molar-refractivity contribution in [1.82, 2.24) is 4.98 Å². The van der Waals surface area contributed by atoms with Crippen molar-refractivity contribution in [2.75, 3.05) is 6.61 Å². The van der Waals surface area contributed by atoms with Gasteiger partial charge in [0.15, 0.2) is 0 Å². The molecule has 1 aromatic heterocycles. The summed E-state index contributed by atoms with van der Waals surface area (Å²) >= 11 is 0. The number of rotatable bonds is 8. The predicted molar refractivity (Wildman–Crippen MR) is 67.5 cm³/mol.